The standard InChI is InChI=1S/C12H15IN4O/c1-6(2)10-9(13)12(18)16-11(15-10)8-5-14-17(4)7(8)3/h5-6H,1-4H3,(H,15,16,18). The normalized spacial score (nSPS) is 11.2. The van der Waals surface area contributed by atoms with Gasteiger partial charge in [-0.15, -0.1) is 0 Å². The fourth-order valence-corrected chi connectivity index (χ4v) is 2.60. The van der Waals surface area contributed by atoms with Crippen LogP contribution in [0.15, 0.2) is 11.0 Å². The summed E-state index contributed by atoms with van der Waals surface area (Å²) in [5.74, 6) is 0.810. The number of nitrogens with one attached hydrogen (secondary N) is 1. The highest BCUT2D eigenvalue weighted by Crippen LogP contribution is 2.22. The highest BCUT2D eigenvalue weighted by molar-refractivity contribution is 14.1. The summed E-state index contributed by atoms with van der Waals surface area (Å²) in [7, 11) is 1.87. The largest absolute Gasteiger partial charge is 0.305 e. The van der Waals surface area contributed by atoms with E-state index in [9.17, 15) is 4.79 Å². The third-order valence-electron chi connectivity index (χ3n) is 2.93. The lowest BCUT2D eigenvalue weighted by molar-refractivity contribution is 0.740. The molecule has 0 aromatic carbocycles. The Morgan fingerprint density at radius 1 is 1.44 bits per heavy atom. The second-order valence-electron chi connectivity index (χ2n) is 4.54. The van der Waals surface area contributed by atoms with Gasteiger partial charge in [0.15, 0.2) is 0 Å². The van der Waals surface area contributed by atoms with Gasteiger partial charge in [-0.25, -0.2) is 4.98 Å². The van der Waals surface area contributed by atoms with Gasteiger partial charge in [-0.3, -0.25) is 9.48 Å². The van der Waals surface area contributed by atoms with Crippen molar-refractivity contribution < 1.29 is 0 Å². The summed E-state index contributed by atoms with van der Waals surface area (Å²) in [6.07, 6.45) is 1.73. The van der Waals surface area contributed by atoms with Crippen molar-refractivity contribution in [1.82, 2.24) is 19.7 Å². The van der Waals surface area contributed by atoms with E-state index in [1.807, 2.05) is 50.4 Å². The zero-order chi connectivity index (χ0) is 13.4. The zero-order valence-electron chi connectivity index (χ0n) is 10.8. The number of aryl methyl sites for hydroxylation is 1. The van der Waals surface area contributed by atoms with E-state index in [4.69, 9.17) is 0 Å². The Morgan fingerprint density at radius 2 is 2.11 bits per heavy atom. The molecule has 6 heteroatoms. The van der Waals surface area contributed by atoms with Gasteiger partial charge in [-0.2, -0.15) is 5.10 Å². The van der Waals surface area contributed by atoms with Crippen molar-refractivity contribution in [1.29, 1.82) is 0 Å². The first-order valence-corrected chi connectivity index (χ1v) is 6.78. The number of halogens is 1. The van der Waals surface area contributed by atoms with E-state index < -0.39 is 0 Å². The summed E-state index contributed by atoms with van der Waals surface area (Å²) >= 11 is 2.04. The quantitative estimate of drug-likeness (QED) is 0.838. The van der Waals surface area contributed by atoms with E-state index >= 15 is 0 Å². The molecule has 0 aliphatic carbocycles. The molecule has 1 N–H and O–H groups in total. The van der Waals surface area contributed by atoms with Crippen LogP contribution in [0.3, 0.4) is 0 Å². The molecule has 96 valence electrons. The van der Waals surface area contributed by atoms with Crippen molar-refractivity contribution in [2.45, 2.75) is 26.7 Å². The second-order valence-corrected chi connectivity index (χ2v) is 5.61. The van der Waals surface area contributed by atoms with Gasteiger partial charge in [0.2, 0.25) is 0 Å². The van der Waals surface area contributed by atoms with Crippen LogP contribution in [0, 0.1) is 10.5 Å². The van der Waals surface area contributed by atoms with Crippen LogP contribution < -0.4 is 5.56 Å². The van der Waals surface area contributed by atoms with Crippen LogP contribution in [0.1, 0.15) is 31.2 Å². The molecule has 2 aromatic heterocycles. The summed E-state index contributed by atoms with van der Waals surface area (Å²) in [4.78, 5) is 19.3. The number of hydrogen-bond acceptors (Lipinski definition) is 3. The van der Waals surface area contributed by atoms with Crippen LogP contribution in [0.4, 0.5) is 0 Å². The lowest BCUT2D eigenvalue weighted by Crippen LogP contribution is -2.17. The van der Waals surface area contributed by atoms with Crippen LogP contribution >= 0.6 is 22.6 Å². The smallest absolute Gasteiger partial charge is 0.264 e. The SMILES string of the molecule is Cc1c(-c2nc(C(C)C)c(I)c(=O)[nH]2)cnn1C. The maximum atomic E-state index is 11.9. The molecule has 0 saturated heterocycles. The molecule has 2 rings (SSSR count). The lowest BCUT2D eigenvalue weighted by atomic mass is 10.1. The first kappa shape index (κ1) is 13.3. The van der Waals surface area contributed by atoms with E-state index in [0.717, 1.165) is 17.0 Å². The van der Waals surface area contributed by atoms with Crippen molar-refractivity contribution in [3.8, 4) is 11.4 Å². The third kappa shape index (κ3) is 2.21. The van der Waals surface area contributed by atoms with E-state index in [1.54, 1.807) is 10.9 Å². The number of hydrogen-bond donors (Lipinski definition) is 1. The third-order valence-corrected chi connectivity index (χ3v) is 3.97. The Balaban J connectivity index is 2.67. The predicted octanol–water partition coefficient (Wildman–Crippen LogP) is 2.21. The van der Waals surface area contributed by atoms with Crippen molar-refractivity contribution in [3.63, 3.8) is 0 Å². The molecule has 0 saturated carbocycles. The minimum absolute atomic E-state index is 0.0902. The first-order valence-electron chi connectivity index (χ1n) is 5.70. The second kappa shape index (κ2) is 4.83. The van der Waals surface area contributed by atoms with Gasteiger partial charge in [-0.05, 0) is 35.4 Å². The highest BCUT2D eigenvalue weighted by atomic mass is 127. The van der Waals surface area contributed by atoms with Crippen LogP contribution in [0.2, 0.25) is 0 Å². The van der Waals surface area contributed by atoms with Crippen molar-refractivity contribution >= 4 is 22.6 Å². The maximum Gasteiger partial charge on any atom is 0.264 e. The maximum absolute atomic E-state index is 11.9. The van der Waals surface area contributed by atoms with Gasteiger partial charge in [0, 0.05) is 12.7 Å². The Bertz CT molecular complexity index is 642. The molecule has 0 fully saturated rings. The fraction of sp³-hybridized carbons (Fsp3) is 0.417. The zero-order valence-corrected chi connectivity index (χ0v) is 12.9. The van der Waals surface area contributed by atoms with Crippen molar-refractivity contribution in [3.05, 3.63) is 31.5 Å². The van der Waals surface area contributed by atoms with Crippen LogP contribution in [-0.4, -0.2) is 19.7 Å². The number of nitrogens with zero attached hydrogens (tertiary/aromatic N) is 3. The van der Waals surface area contributed by atoms with Crippen molar-refractivity contribution in [2.75, 3.05) is 0 Å². The number of aromatic nitrogens is 4. The Kier molecular flexibility index (Phi) is 3.56. The molecule has 0 spiro atoms. The molecular formula is C12H15IN4O. The van der Waals surface area contributed by atoms with E-state index in [-0.39, 0.29) is 11.5 Å². The van der Waals surface area contributed by atoms with E-state index in [1.165, 1.54) is 0 Å². The minimum atomic E-state index is -0.0902. The molecule has 0 aliphatic rings. The molecule has 18 heavy (non-hydrogen) atoms. The number of rotatable bonds is 2. The Hall–Kier alpha value is -1.18. The first-order chi connectivity index (χ1) is 8.41. The predicted molar refractivity (Wildman–Crippen MR) is 78.6 cm³/mol. The average molecular weight is 358 g/mol. The molecule has 0 radical (unpaired) electrons. The fourth-order valence-electron chi connectivity index (χ4n) is 1.72. The number of H-pyrrole nitrogens is 1. The Morgan fingerprint density at radius 3 is 2.61 bits per heavy atom. The number of aromatic amines is 1. The van der Waals surface area contributed by atoms with Crippen LogP contribution in [0.5, 0.6) is 0 Å². The van der Waals surface area contributed by atoms with E-state index in [2.05, 4.69) is 15.1 Å². The van der Waals surface area contributed by atoms with Crippen LogP contribution in [0.25, 0.3) is 11.4 Å². The van der Waals surface area contributed by atoms with E-state index in [0.29, 0.717) is 9.39 Å². The van der Waals surface area contributed by atoms with Gasteiger partial charge in [0.05, 0.1) is 21.0 Å². The topological polar surface area (TPSA) is 63.6 Å². The molecule has 2 aromatic rings. The summed E-state index contributed by atoms with van der Waals surface area (Å²) in [5.41, 5.74) is 2.59. The average Bonchev–Trinajstić information content (AvgIpc) is 2.63. The summed E-state index contributed by atoms with van der Waals surface area (Å²) in [6.45, 7) is 6.02. The molecule has 0 amide bonds. The molecule has 0 unspecified atom stereocenters. The molecule has 0 bridgehead atoms. The summed E-state index contributed by atoms with van der Waals surface area (Å²) in [5, 5.41) is 4.17. The Labute approximate surface area is 119 Å². The molecule has 0 aliphatic heterocycles. The lowest BCUT2D eigenvalue weighted by Gasteiger charge is -2.09. The van der Waals surface area contributed by atoms with Crippen molar-refractivity contribution in [2.24, 2.45) is 7.05 Å². The highest BCUT2D eigenvalue weighted by Gasteiger charge is 2.15. The molecule has 5 nitrogen and oxygen atoms in total. The van der Waals surface area contributed by atoms with Gasteiger partial charge in [-0.1, -0.05) is 13.8 Å². The van der Waals surface area contributed by atoms with Gasteiger partial charge in [0.1, 0.15) is 5.82 Å². The monoisotopic (exact) mass is 358 g/mol. The summed E-state index contributed by atoms with van der Waals surface area (Å²) in [6, 6.07) is 0. The van der Waals surface area contributed by atoms with Crippen LogP contribution in [-0.2, 0) is 7.05 Å². The van der Waals surface area contributed by atoms with Gasteiger partial charge in [0.25, 0.3) is 5.56 Å². The molecular weight excluding hydrogens is 343 g/mol. The summed E-state index contributed by atoms with van der Waals surface area (Å²) < 4.78 is 2.43. The minimum Gasteiger partial charge on any atom is -0.305 e. The molecule has 2 heterocycles. The van der Waals surface area contributed by atoms with Gasteiger partial charge >= 0.3 is 0 Å². The van der Waals surface area contributed by atoms with Gasteiger partial charge < -0.3 is 4.98 Å². The molecule has 0 atom stereocenters.